The zero-order valence-electron chi connectivity index (χ0n) is 39.8. The molecule has 10 aromatic rings. The van der Waals surface area contributed by atoms with Crippen molar-refractivity contribution in [2.75, 3.05) is 9.80 Å². The van der Waals surface area contributed by atoms with Gasteiger partial charge >= 0.3 is 0 Å². The van der Waals surface area contributed by atoms with Crippen molar-refractivity contribution >= 4 is 34.1 Å². The predicted octanol–water partition coefficient (Wildman–Crippen LogP) is 18.8. The van der Waals surface area contributed by atoms with Crippen molar-refractivity contribution in [3.63, 3.8) is 0 Å². The molecule has 0 aromatic heterocycles. The van der Waals surface area contributed by atoms with Crippen molar-refractivity contribution in [1.29, 1.82) is 0 Å². The lowest BCUT2D eigenvalue weighted by Gasteiger charge is -2.31. The van der Waals surface area contributed by atoms with Gasteiger partial charge in [-0.15, -0.1) is 0 Å². The highest BCUT2D eigenvalue weighted by molar-refractivity contribution is 5.92. The van der Waals surface area contributed by atoms with E-state index >= 15 is 0 Å². The number of rotatable bonds is 11. The maximum absolute atomic E-state index is 2.44. The van der Waals surface area contributed by atoms with Crippen LogP contribution in [0.2, 0.25) is 0 Å². The fourth-order valence-electron chi connectivity index (χ4n) is 9.98. The van der Waals surface area contributed by atoms with E-state index in [9.17, 15) is 0 Å². The molecule has 0 atom stereocenters. The van der Waals surface area contributed by atoms with Gasteiger partial charge in [0.25, 0.3) is 0 Å². The van der Waals surface area contributed by atoms with Gasteiger partial charge in [-0.3, -0.25) is 0 Å². The first-order valence-corrected chi connectivity index (χ1v) is 23.7. The molecule has 0 N–H and O–H groups in total. The molecule has 0 amide bonds. The Labute approximate surface area is 403 Å². The molecule has 0 aliphatic rings. The average molecular weight is 877 g/mol. The van der Waals surface area contributed by atoms with Crippen LogP contribution in [0.25, 0.3) is 55.6 Å². The van der Waals surface area contributed by atoms with Gasteiger partial charge in [0.1, 0.15) is 0 Å². The number of anilines is 6. The highest BCUT2D eigenvalue weighted by Gasteiger charge is 2.23. The minimum Gasteiger partial charge on any atom is -0.310 e. The maximum atomic E-state index is 2.44. The molecule has 0 fully saturated rings. The zero-order chi connectivity index (χ0) is 46.7. The lowest BCUT2D eigenvalue weighted by molar-refractivity contribution is 1.24. The van der Waals surface area contributed by atoms with Crippen molar-refractivity contribution in [2.45, 2.75) is 41.5 Å². The second kappa shape index (κ2) is 19.0. The van der Waals surface area contributed by atoms with Crippen LogP contribution in [-0.4, -0.2) is 0 Å². The van der Waals surface area contributed by atoms with Crippen LogP contribution in [-0.2, 0) is 0 Å². The van der Waals surface area contributed by atoms with E-state index in [2.05, 4.69) is 282 Å². The zero-order valence-corrected chi connectivity index (χ0v) is 39.8. The Morgan fingerprint density at radius 3 is 0.912 bits per heavy atom. The quantitative estimate of drug-likeness (QED) is 0.128. The molecule has 0 radical (unpaired) electrons. The molecule has 0 aliphatic carbocycles. The van der Waals surface area contributed by atoms with E-state index in [0.29, 0.717) is 0 Å². The fraction of sp³-hybridized carbons (Fsp3) is 0.0909. The van der Waals surface area contributed by atoms with Gasteiger partial charge in [-0.1, -0.05) is 170 Å². The van der Waals surface area contributed by atoms with E-state index in [1.165, 1.54) is 89.0 Å². The lowest BCUT2D eigenvalue weighted by Crippen LogP contribution is -2.13. The topological polar surface area (TPSA) is 6.48 Å². The number of benzene rings is 10. The summed E-state index contributed by atoms with van der Waals surface area (Å²) in [4.78, 5) is 4.89. The van der Waals surface area contributed by atoms with Gasteiger partial charge in [-0.25, -0.2) is 0 Å². The second-order valence-electron chi connectivity index (χ2n) is 18.1. The Balaban J connectivity index is 1.07. The van der Waals surface area contributed by atoms with E-state index in [-0.39, 0.29) is 0 Å². The standard InChI is InChI=1S/C66H56N2/c1-45-21-13-15-27-57(45)59-37-35-55(43-47(59)3)67(65-31-19-17-29-61(65)51-23-9-7-10-24-51)63-39-33-53(41-49(63)5)54-34-40-64(50(6)42-54)68(66-32-20-18-30-62(66)52-25-11-8-12-26-52)56-36-38-60(48(4)44-56)58-28-16-14-22-46(58)2/h7-44H,1-6H3. The molecule has 0 saturated carbocycles. The summed E-state index contributed by atoms with van der Waals surface area (Å²) in [5, 5.41) is 0. The normalized spacial score (nSPS) is 11.1. The van der Waals surface area contributed by atoms with Crippen molar-refractivity contribution < 1.29 is 0 Å². The van der Waals surface area contributed by atoms with Crippen LogP contribution >= 0.6 is 0 Å². The van der Waals surface area contributed by atoms with Crippen molar-refractivity contribution in [1.82, 2.24) is 0 Å². The van der Waals surface area contributed by atoms with E-state index < -0.39 is 0 Å². The van der Waals surface area contributed by atoms with Gasteiger partial charge < -0.3 is 9.80 Å². The Morgan fingerprint density at radius 2 is 0.544 bits per heavy atom. The molecule has 330 valence electrons. The fourth-order valence-corrected chi connectivity index (χ4v) is 9.98. The monoisotopic (exact) mass is 876 g/mol. The molecule has 0 spiro atoms. The Kier molecular flexibility index (Phi) is 12.2. The third-order valence-electron chi connectivity index (χ3n) is 13.5. The SMILES string of the molecule is Cc1ccccc1-c1ccc(N(c2ccc(-c3ccc(N(c4ccc(-c5ccccc5C)c(C)c4)c4ccccc4-c4ccccc4)c(C)c3)cc2C)c2ccccc2-c2ccccc2)cc1C. The summed E-state index contributed by atoms with van der Waals surface area (Å²) in [6.45, 7) is 13.3. The van der Waals surface area contributed by atoms with Gasteiger partial charge in [-0.05, 0) is 180 Å². The molecule has 10 rings (SSSR count). The highest BCUT2D eigenvalue weighted by atomic mass is 15.2. The molecule has 0 saturated heterocycles. The van der Waals surface area contributed by atoms with Gasteiger partial charge in [-0.2, -0.15) is 0 Å². The minimum absolute atomic E-state index is 1.12. The van der Waals surface area contributed by atoms with Crippen LogP contribution in [0.3, 0.4) is 0 Å². The van der Waals surface area contributed by atoms with Gasteiger partial charge in [0.05, 0.1) is 11.4 Å². The lowest BCUT2D eigenvalue weighted by atomic mass is 9.94. The molecule has 2 nitrogen and oxygen atoms in total. The first kappa shape index (κ1) is 43.7. The van der Waals surface area contributed by atoms with Crippen LogP contribution in [0, 0.1) is 41.5 Å². The van der Waals surface area contributed by atoms with Gasteiger partial charge in [0.15, 0.2) is 0 Å². The van der Waals surface area contributed by atoms with E-state index in [4.69, 9.17) is 0 Å². The average Bonchev–Trinajstić information content (AvgIpc) is 3.37. The molecule has 0 unspecified atom stereocenters. The molecule has 10 aromatic carbocycles. The third-order valence-corrected chi connectivity index (χ3v) is 13.5. The number of hydrogen-bond acceptors (Lipinski definition) is 2. The molecular weight excluding hydrogens is 821 g/mol. The first-order valence-electron chi connectivity index (χ1n) is 23.7. The van der Waals surface area contributed by atoms with Crippen LogP contribution in [0.1, 0.15) is 33.4 Å². The Hall–Kier alpha value is -8.20. The maximum Gasteiger partial charge on any atom is 0.0540 e. The summed E-state index contributed by atoms with van der Waals surface area (Å²) in [5.74, 6) is 0. The van der Waals surface area contributed by atoms with Crippen molar-refractivity contribution in [2.24, 2.45) is 0 Å². The number of hydrogen-bond donors (Lipinski definition) is 0. The molecule has 0 bridgehead atoms. The van der Waals surface area contributed by atoms with E-state index in [0.717, 1.165) is 34.1 Å². The van der Waals surface area contributed by atoms with E-state index in [1.54, 1.807) is 0 Å². The molecule has 2 heteroatoms. The van der Waals surface area contributed by atoms with Crippen LogP contribution in [0.4, 0.5) is 34.1 Å². The first-order chi connectivity index (χ1) is 33.2. The summed E-state index contributed by atoms with van der Waals surface area (Å²) >= 11 is 0. The predicted molar refractivity (Wildman–Crippen MR) is 291 cm³/mol. The summed E-state index contributed by atoms with van der Waals surface area (Å²) in [5.41, 5.74) is 26.3. The van der Waals surface area contributed by atoms with Crippen molar-refractivity contribution in [3.05, 3.63) is 264 Å². The Morgan fingerprint density at radius 1 is 0.206 bits per heavy atom. The number of para-hydroxylation sites is 2. The van der Waals surface area contributed by atoms with Gasteiger partial charge in [0.2, 0.25) is 0 Å². The van der Waals surface area contributed by atoms with Crippen LogP contribution in [0.15, 0.2) is 231 Å². The smallest absolute Gasteiger partial charge is 0.0540 e. The molecular formula is C66H56N2. The third kappa shape index (κ3) is 8.54. The summed E-state index contributed by atoms with van der Waals surface area (Å²) < 4.78 is 0. The largest absolute Gasteiger partial charge is 0.310 e. The van der Waals surface area contributed by atoms with E-state index in [1.807, 2.05) is 0 Å². The summed E-state index contributed by atoms with van der Waals surface area (Å²) in [6.07, 6.45) is 0. The summed E-state index contributed by atoms with van der Waals surface area (Å²) in [6, 6.07) is 84.1. The second-order valence-corrected chi connectivity index (χ2v) is 18.1. The number of aryl methyl sites for hydroxylation is 6. The Bertz CT molecular complexity index is 3190. The van der Waals surface area contributed by atoms with Gasteiger partial charge in [0, 0.05) is 33.9 Å². The highest BCUT2D eigenvalue weighted by Crippen LogP contribution is 2.46. The minimum atomic E-state index is 1.12. The van der Waals surface area contributed by atoms with Crippen LogP contribution in [0.5, 0.6) is 0 Å². The molecule has 0 heterocycles. The molecule has 68 heavy (non-hydrogen) atoms. The van der Waals surface area contributed by atoms with Crippen LogP contribution < -0.4 is 9.80 Å². The molecule has 0 aliphatic heterocycles. The summed E-state index contributed by atoms with van der Waals surface area (Å²) in [7, 11) is 0. The van der Waals surface area contributed by atoms with Crippen molar-refractivity contribution in [3.8, 4) is 55.6 Å². The number of nitrogens with zero attached hydrogens (tertiary/aromatic N) is 2.